The van der Waals surface area contributed by atoms with E-state index in [1.54, 1.807) is 6.07 Å². The first-order valence-corrected chi connectivity index (χ1v) is 21.6. The number of anilines is 3. The van der Waals surface area contributed by atoms with Gasteiger partial charge in [-0.05, 0) is 86.0 Å². The van der Waals surface area contributed by atoms with E-state index in [0.29, 0.717) is 35.5 Å². The summed E-state index contributed by atoms with van der Waals surface area (Å²) < 4.78 is 0. The molecule has 1 aromatic heterocycles. The molecule has 0 aliphatic carbocycles. The molecule has 3 aromatic carbocycles. The smallest absolute Gasteiger partial charge is 0.233 e. The molecule has 4 aliphatic rings. The number of rotatable bonds is 9. The van der Waals surface area contributed by atoms with Gasteiger partial charge in [0.15, 0.2) is 5.82 Å². The minimum Gasteiger partial charge on any atom is -0.565 e. The first kappa shape index (κ1) is 43.1. The normalized spacial score (nSPS) is 19.0. The molecule has 3 fully saturated rings. The molecule has 5 N–H and O–H groups in total. The summed E-state index contributed by atoms with van der Waals surface area (Å²) in [5, 5.41) is 11.8. The van der Waals surface area contributed by atoms with Gasteiger partial charge in [0.25, 0.3) is 0 Å². The number of aromatic nitrogens is 2. The quantitative estimate of drug-likeness (QED) is 0.154. The number of nitrogen functional groups attached to an aromatic ring is 1. The van der Waals surface area contributed by atoms with Crippen molar-refractivity contribution in [3.05, 3.63) is 93.6 Å². The Kier molecular flexibility index (Phi) is 13.6. The first-order chi connectivity index (χ1) is 27.4. The molecule has 5 heterocycles. The largest absolute Gasteiger partial charge is 0.565 e. The summed E-state index contributed by atoms with van der Waals surface area (Å²) in [4.78, 5) is 35.4. The molecule has 4 aromatic rings. The van der Waals surface area contributed by atoms with Gasteiger partial charge in [0.05, 0.1) is 16.9 Å². The van der Waals surface area contributed by atoms with E-state index in [4.69, 9.17) is 33.0 Å². The predicted octanol–water partition coefficient (Wildman–Crippen LogP) is 6.75. The van der Waals surface area contributed by atoms with Crippen molar-refractivity contribution >= 4 is 46.6 Å². The molecule has 0 saturated carbocycles. The maximum atomic E-state index is 13.4. The maximum absolute atomic E-state index is 13.4. The fraction of sp³-hybridized carbons (Fsp3) is 0.477. The number of phenolic OH excluding ortho intramolecular Hbond substituents is 1. The van der Waals surface area contributed by atoms with E-state index < -0.39 is 0 Å². The summed E-state index contributed by atoms with van der Waals surface area (Å²) in [6.45, 7) is 16.0. The Morgan fingerprint density at radius 2 is 1.72 bits per heavy atom. The Hall–Kier alpha value is -3.02. The molecule has 4 aliphatic heterocycles. The van der Waals surface area contributed by atoms with Crippen LogP contribution in [-0.4, -0.2) is 99.6 Å². The van der Waals surface area contributed by atoms with Crippen molar-refractivity contribution in [3.63, 3.8) is 0 Å². The molecule has 1 amide bonds. The SMILES string of the molecule is CC(C)c1[c-]cc(O)c(C(=O)N2Cc3ccc(CN4CCC(N5CCN(c6cccc(Sc7ncc(N8CCC(C)(N)CC8)nc7N)c6Cl)CC5)CC4)cc3C2)c1.[U]. The summed E-state index contributed by atoms with van der Waals surface area (Å²) in [6, 6.07) is 19.9. The van der Waals surface area contributed by atoms with E-state index in [9.17, 15) is 9.90 Å². The zero-order valence-electron chi connectivity index (χ0n) is 33.9. The van der Waals surface area contributed by atoms with Crippen molar-refractivity contribution in [2.75, 3.05) is 67.9 Å². The standard InChI is InChI=1S/C44H55ClN9O2S.U/c1-29(2)31-9-10-37(55)35(24-31)43(56)54-27-32-8-7-30(23-33(32)28-54)26-50-15-11-34(12-16-50)51-19-21-52(22-20-51)36-5-4-6-38(40(36)45)57-42-41(46)49-39(25-48-42)53-17-13-44(3,47)14-18-53;/h4-8,10,23-25,29,34,55H,11-22,26-28,47H2,1-3H3,(H2,46,49);/q-1;. The zero-order chi connectivity index (χ0) is 39.8. The van der Waals surface area contributed by atoms with Crippen LogP contribution in [0.2, 0.25) is 5.02 Å². The molecular weight excluding hydrogens is 992 g/mol. The van der Waals surface area contributed by atoms with Gasteiger partial charge in [0, 0.05) is 112 Å². The Morgan fingerprint density at radius 1 is 1.00 bits per heavy atom. The number of likely N-dealkylation sites (tertiary alicyclic amines) is 1. The molecular formula is C44H55ClN9O2SU-. The van der Waals surface area contributed by atoms with Crippen molar-refractivity contribution in [2.45, 2.75) is 93.5 Å². The number of carbonyl (C=O) groups excluding carboxylic acids is 1. The maximum Gasteiger partial charge on any atom is 0.233 e. The third-order valence-electron chi connectivity index (χ3n) is 12.3. The Morgan fingerprint density at radius 3 is 2.43 bits per heavy atom. The van der Waals surface area contributed by atoms with Crippen molar-refractivity contribution in [2.24, 2.45) is 5.73 Å². The molecule has 0 radical (unpaired) electrons. The van der Waals surface area contributed by atoms with E-state index in [1.807, 2.05) is 17.2 Å². The van der Waals surface area contributed by atoms with Crippen molar-refractivity contribution in [3.8, 4) is 5.75 Å². The Labute approximate surface area is 376 Å². The minimum atomic E-state index is -0.133. The second kappa shape index (κ2) is 18.3. The monoisotopic (exact) mass is 1050 g/mol. The van der Waals surface area contributed by atoms with Crippen LogP contribution >= 0.6 is 23.4 Å². The Balaban J connectivity index is 0.00000512. The number of hydrogen-bond acceptors (Lipinski definition) is 11. The van der Waals surface area contributed by atoms with Gasteiger partial charge in [0.1, 0.15) is 10.8 Å². The van der Waals surface area contributed by atoms with E-state index in [1.165, 1.54) is 34.5 Å². The van der Waals surface area contributed by atoms with Crippen LogP contribution in [0.4, 0.5) is 17.3 Å². The van der Waals surface area contributed by atoms with Gasteiger partial charge in [-0.1, -0.05) is 61.5 Å². The second-order valence-electron chi connectivity index (χ2n) is 16.9. The third kappa shape index (κ3) is 9.62. The summed E-state index contributed by atoms with van der Waals surface area (Å²) in [6.07, 6.45) is 5.94. The number of nitrogens with two attached hydrogens (primary N) is 2. The summed E-state index contributed by atoms with van der Waals surface area (Å²) >= 11 is 8.54. The molecule has 0 unspecified atom stereocenters. The summed E-state index contributed by atoms with van der Waals surface area (Å²) in [5.41, 5.74) is 18.6. The van der Waals surface area contributed by atoms with Gasteiger partial charge in [-0.15, -0.1) is 6.07 Å². The van der Waals surface area contributed by atoms with Crippen LogP contribution in [0.15, 0.2) is 64.6 Å². The number of aromatic hydroxyl groups is 1. The summed E-state index contributed by atoms with van der Waals surface area (Å²) in [7, 11) is 0. The van der Waals surface area contributed by atoms with Crippen molar-refractivity contribution in [1.82, 2.24) is 24.7 Å². The van der Waals surface area contributed by atoms with Crippen molar-refractivity contribution < 1.29 is 41.0 Å². The minimum absolute atomic E-state index is 0. The number of nitrogens with zero attached hydrogens (tertiary/aromatic N) is 7. The molecule has 306 valence electrons. The van der Waals surface area contributed by atoms with E-state index >= 15 is 0 Å². The summed E-state index contributed by atoms with van der Waals surface area (Å²) in [5.74, 6) is 1.30. The molecule has 0 spiro atoms. The second-order valence-corrected chi connectivity index (χ2v) is 18.3. The van der Waals surface area contributed by atoms with Gasteiger partial charge in [-0.2, -0.15) is 17.7 Å². The molecule has 0 bridgehead atoms. The number of amides is 1. The number of piperazine rings is 1. The predicted molar refractivity (Wildman–Crippen MR) is 229 cm³/mol. The van der Waals surface area contributed by atoms with Gasteiger partial charge < -0.3 is 31.3 Å². The number of fused-ring (bicyclic) bond motifs is 1. The molecule has 0 atom stereocenters. The number of hydrogen-bond donors (Lipinski definition) is 3. The average molecular weight is 1050 g/mol. The first-order valence-electron chi connectivity index (χ1n) is 20.4. The fourth-order valence-corrected chi connectivity index (χ4v) is 9.85. The van der Waals surface area contributed by atoms with Crippen LogP contribution in [0.25, 0.3) is 0 Å². The van der Waals surface area contributed by atoms with Crippen LogP contribution in [0, 0.1) is 37.2 Å². The van der Waals surface area contributed by atoms with Crippen LogP contribution in [-0.2, 0) is 19.6 Å². The molecule has 11 nitrogen and oxygen atoms in total. The fourth-order valence-electron chi connectivity index (χ4n) is 8.68. The topological polar surface area (TPSA) is 131 Å². The third-order valence-corrected chi connectivity index (χ3v) is 13.9. The van der Waals surface area contributed by atoms with Gasteiger partial charge >= 0.3 is 0 Å². The van der Waals surface area contributed by atoms with E-state index in [-0.39, 0.29) is 54.2 Å². The van der Waals surface area contributed by atoms with Crippen LogP contribution in [0.1, 0.15) is 85.0 Å². The van der Waals surface area contributed by atoms with Crippen LogP contribution in [0.5, 0.6) is 5.75 Å². The van der Waals surface area contributed by atoms with E-state index in [2.05, 4.69) is 76.8 Å². The molecule has 58 heavy (non-hydrogen) atoms. The molecule has 8 rings (SSSR count). The zero-order valence-corrected chi connectivity index (χ0v) is 39.6. The van der Waals surface area contributed by atoms with E-state index in [0.717, 1.165) is 112 Å². The number of phenols is 1. The molecule has 14 heteroatoms. The number of halogens is 1. The Bertz CT molecular complexity index is 2100. The average Bonchev–Trinajstić information content (AvgIpc) is 3.63. The van der Waals surface area contributed by atoms with Crippen LogP contribution in [0.3, 0.4) is 0 Å². The van der Waals surface area contributed by atoms with Gasteiger partial charge in [-0.25, -0.2) is 9.97 Å². The van der Waals surface area contributed by atoms with Gasteiger partial charge in [-0.3, -0.25) is 14.6 Å². The number of carbonyl (C=O) groups is 1. The van der Waals surface area contributed by atoms with Crippen LogP contribution < -0.4 is 21.3 Å². The van der Waals surface area contributed by atoms with Crippen molar-refractivity contribution in [1.29, 1.82) is 0 Å². The molecule has 3 saturated heterocycles. The van der Waals surface area contributed by atoms with Gasteiger partial charge in [0.2, 0.25) is 5.91 Å². The number of benzene rings is 3. The number of piperidine rings is 2.